The van der Waals surface area contributed by atoms with Gasteiger partial charge in [-0.15, -0.1) is 0 Å². The van der Waals surface area contributed by atoms with Crippen LogP contribution in [0.2, 0.25) is 0 Å². The van der Waals surface area contributed by atoms with Gasteiger partial charge in [-0.2, -0.15) is 0 Å². The SMILES string of the molecule is C=C(CC[C@H](C(=O)SCC)[C@](C)(O)C(=O)OC)COCc1ccc(OC)cc1. The van der Waals surface area contributed by atoms with Crippen molar-refractivity contribution in [1.82, 2.24) is 0 Å². The van der Waals surface area contributed by atoms with Crippen LogP contribution in [0.5, 0.6) is 5.75 Å². The molecule has 0 fully saturated rings. The van der Waals surface area contributed by atoms with Crippen molar-refractivity contribution in [2.45, 2.75) is 38.9 Å². The third kappa shape index (κ3) is 7.30. The first-order chi connectivity index (χ1) is 13.3. The summed E-state index contributed by atoms with van der Waals surface area (Å²) in [6.45, 7) is 7.90. The zero-order valence-electron chi connectivity index (χ0n) is 17.0. The minimum absolute atomic E-state index is 0.232. The van der Waals surface area contributed by atoms with Gasteiger partial charge >= 0.3 is 5.97 Å². The molecule has 0 radical (unpaired) electrons. The highest BCUT2D eigenvalue weighted by molar-refractivity contribution is 8.13. The van der Waals surface area contributed by atoms with Crippen LogP contribution >= 0.6 is 11.8 Å². The maximum absolute atomic E-state index is 12.4. The number of rotatable bonds is 12. The van der Waals surface area contributed by atoms with Gasteiger partial charge in [-0.25, -0.2) is 4.79 Å². The first kappa shape index (κ1) is 24.2. The van der Waals surface area contributed by atoms with Crippen LogP contribution in [0.15, 0.2) is 36.4 Å². The number of aliphatic hydroxyl groups is 1. The van der Waals surface area contributed by atoms with Crippen molar-refractivity contribution < 1.29 is 28.9 Å². The van der Waals surface area contributed by atoms with E-state index >= 15 is 0 Å². The lowest BCUT2D eigenvalue weighted by atomic mass is 9.85. The second kappa shape index (κ2) is 11.9. The zero-order chi connectivity index (χ0) is 21.2. The Balaban J connectivity index is 2.57. The molecule has 28 heavy (non-hydrogen) atoms. The smallest absolute Gasteiger partial charge is 0.338 e. The van der Waals surface area contributed by atoms with E-state index in [1.807, 2.05) is 31.2 Å². The summed E-state index contributed by atoms with van der Waals surface area (Å²) in [5.41, 5.74) is -0.0822. The summed E-state index contributed by atoms with van der Waals surface area (Å²) in [5, 5.41) is 10.3. The van der Waals surface area contributed by atoms with Crippen LogP contribution in [0.3, 0.4) is 0 Å². The van der Waals surface area contributed by atoms with Crippen LogP contribution in [0, 0.1) is 5.92 Å². The van der Waals surface area contributed by atoms with Gasteiger partial charge in [0.15, 0.2) is 10.7 Å². The molecule has 0 aromatic heterocycles. The Morgan fingerprint density at radius 1 is 1.25 bits per heavy atom. The van der Waals surface area contributed by atoms with Gasteiger partial charge in [0.2, 0.25) is 0 Å². The predicted molar refractivity (Wildman–Crippen MR) is 110 cm³/mol. The second-order valence-corrected chi connectivity index (χ2v) is 7.84. The lowest BCUT2D eigenvalue weighted by molar-refractivity contribution is -0.168. The molecule has 0 aliphatic carbocycles. The second-order valence-electron chi connectivity index (χ2n) is 6.57. The lowest BCUT2D eigenvalue weighted by Gasteiger charge is -2.29. The molecule has 1 N–H and O–H groups in total. The molecular weight excluding hydrogens is 380 g/mol. The topological polar surface area (TPSA) is 82.1 Å². The number of esters is 1. The highest BCUT2D eigenvalue weighted by Crippen LogP contribution is 2.30. The Morgan fingerprint density at radius 2 is 1.89 bits per heavy atom. The molecule has 1 rings (SSSR count). The number of carbonyl (C=O) groups excluding carboxylic acids is 2. The quantitative estimate of drug-likeness (QED) is 0.418. The Bertz CT molecular complexity index is 653. The Morgan fingerprint density at radius 3 is 2.43 bits per heavy atom. The molecule has 0 aliphatic rings. The van der Waals surface area contributed by atoms with Crippen molar-refractivity contribution >= 4 is 22.8 Å². The summed E-state index contributed by atoms with van der Waals surface area (Å²) in [7, 11) is 2.81. The minimum atomic E-state index is -1.88. The van der Waals surface area contributed by atoms with E-state index in [1.54, 1.807) is 7.11 Å². The Labute approximate surface area is 171 Å². The number of ether oxygens (including phenoxy) is 3. The van der Waals surface area contributed by atoms with Crippen molar-refractivity contribution in [1.29, 1.82) is 0 Å². The van der Waals surface area contributed by atoms with Crippen molar-refractivity contribution in [2.75, 3.05) is 26.6 Å². The highest BCUT2D eigenvalue weighted by Gasteiger charge is 2.44. The number of hydrogen-bond donors (Lipinski definition) is 1. The van der Waals surface area contributed by atoms with Gasteiger partial charge in [0, 0.05) is 0 Å². The van der Waals surface area contributed by atoms with Crippen molar-refractivity contribution in [3.8, 4) is 5.75 Å². The standard InChI is InChI=1S/C21H30O6S/c1-6-28-19(22)18(21(3,24)20(23)26-5)12-7-15(2)13-27-14-16-8-10-17(25-4)11-9-16/h8-11,18,24H,2,6-7,12-14H2,1,3-5H3/t18-,21+/m1/s1. The van der Waals surface area contributed by atoms with Gasteiger partial charge < -0.3 is 19.3 Å². The Kier molecular flexibility index (Phi) is 10.3. The summed E-state index contributed by atoms with van der Waals surface area (Å²) in [6, 6.07) is 7.58. The van der Waals surface area contributed by atoms with Gasteiger partial charge in [0.1, 0.15) is 5.75 Å². The van der Waals surface area contributed by atoms with Crippen molar-refractivity contribution in [3.05, 3.63) is 42.0 Å². The number of benzene rings is 1. The van der Waals surface area contributed by atoms with Crippen LogP contribution in [0.25, 0.3) is 0 Å². The fraction of sp³-hybridized carbons (Fsp3) is 0.524. The first-order valence-electron chi connectivity index (χ1n) is 9.11. The zero-order valence-corrected chi connectivity index (χ0v) is 17.8. The molecule has 1 aromatic rings. The largest absolute Gasteiger partial charge is 0.497 e. The molecule has 2 atom stereocenters. The van der Waals surface area contributed by atoms with Gasteiger partial charge in [0.05, 0.1) is 33.4 Å². The minimum Gasteiger partial charge on any atom is -0.497 e. The van der Waals surface area contributed by atoms with Crippen molar-refractivity contribution in [2.24, 2.45) is 5.92 Å². The molecule has 0 unspecified atom stereocenters. The van der Waals surface area contributed by atoms with Gasteiger partial charge in [-0.05, 0) is 43.2 Å². The third-order valence-electron chi connectivity index (χ3n) is 4.37. The number of hydrogen-bond acceptors (Lipinski definition) is 7. The van der Waals surface area contributed by atoms with Gasteiger partial charge in [0.25, 0.3) is 0 Å². The Hall–Kier alpha value is -1.83. The number of thioether (sulfide) groups is 1. The maximum atomic E-state index is 12.4. The molecule has 0 saturated carbocycles. The van der Waals surface area contributed by atoms with Crippen LogP contribution in [0.1, 0.15) is 32.3 Å². The van der Waals surface area contributed by atoms with E-state index in [1.165, 1.54) is 14.0 Å². The van der Waals surface area contributed by atoms with E-state index in [9.17, 15) is 14.7 Å². The van der Waals surface area contributed by atoms with E-state index in [0.29, 0.717) is 31.8 Å². The lowest BCUT2D eigenvalue weighted by Crippen LogP contribution is -2.46. The summed E-state index contributed by atoms with van der Waals surface area (Å²) in [5.74, 6) is -0.336. The molecule has 0 spiro atoms. The molecule has 6 nitrogen and oxygen atoms in total. The molecule has 156 valence electrons. The van der Waals surface area contributed by atoms with E-state index in [0.717, 1.165) is 28.6 Å². The van der Waals surface area contributed by atoms with Crippen LogP contribution < -0.4 is 4.74 Å². The molecule has 7 heteroatoms. The van der Waals surface area contributed by atoms with Crippen LogP contribution in [-0.2, 0) is 25.7 Å². The van der Waals surface area contributed by atoms with E-state index in [2.05, 4.69) is 11.3 Å². The predicted octanol–water partition coefficient (Wildman–Crippen LogP) is 3.37. The van der Waals surface area contributed by atoms with Crippen LogP contribution in [0.4, 0.5) is 0 Å². The molecule has 0 aliphatic heterocycles. The average molecular weight is 411 g/mol. The van der Waals surface area contributed by atoms with E-state index in [4.69, 9.17) is 9.47 Å². The fourth-order valence-corrected chi connectivity index (χ4v) is 3.51. The highest BCUT2D eigenvalue weighted by atomic mass is 32.2. The van der Waals surface area contributed by atoms with E-state index < -0.39 is 17.5 Å². The maximum Gasteiger partial charge on any atom is 0.338 e. The summed E-state index contributed by atoms with van der Waals surface area (Å²) >= 11 is 1.09. The summed E-state index contributed by atoms with van der Waals surface area (Å²) < 4.78 is 15.4. The molecule has 0 saturated heterocycles. The summed E-state index contributed by atoms with van der Waals surface area (Å²) in [6.07, 6.45) is 0.745. The molecule has 1 aromatic carbocycles. The average Bonchev–Trinajstić information content (AvgIpc) is 2.68. The third-order valence-corrected chi connectivity index (χ3v) is 5.23. The first-order valence-corrected chi connectivity index (χ1v) is 10.1. The molecule has 0 bridgehead atoms. The summed E-state index contributed by atoms with van der Waals surface area (Å²) in [4.78, 5) is 24.3. The molecular formula is C21H30O6S. The monoisotopic (exact) mass is 410 g/mol. The molecule has 0 amide bonds. The number of carbonyl (C=O) groups is 2. The van der Waals surface area contributed by atoms with Crippen LogP contribution in [-0.4, -0.2) is 48.4 Å². The van der Waals surface area contributed by atoms with E-state index in [-0.39, 0.29) is 5.12 Å². The number of methoxy groups -OCH3 is 2. The normalized spacial score (nSPS) is 14.0. The van der Waals surface area contributed by atoms with Crippen molar-refractivity contribution in [3.63, 3.8) is 0 Å². The van der Waals surface area contributed by atoms with Gasteiger partial charge in [-0.1, -0.05) is 43.0 Å². The van der Waals surface area contributed by atoms with Gasteiger partial charge in [-0.3, -0.25) is 4.79 Å². The fourth-order valence-electron chi connectivity index (χ4n) is 2.68. The molecule has 0 heterocycles.